The number of hydrogen-bond acceptors (Lipinski definition) is 1. The van der Waals surface area contributed by atoms with Crippen molar-refractivity contribution in [2.75, 3.05) is 0 Å². The molecule has 0 saturated carbocycles. The number of hydrogen-bond donors (Lipinski definition) is 0. The van der Waals surface area contributed by atoms with E-state index >= 15 is 0 Å². The molecule has 1 atom stereocenters. The molecule has 0 aromatic rings. The van der Waals surface area contributed by atoms with Crippen molar-refractivity contribution in [2.24, 2.45) is 0 Å². The van der Waals surface area contributed by atoms with Gasteiger partial charge in [0.25, 0.3) is 0 Å². The van der Waals surface area contributed by atoms with E-state index in [0.717, 1.165) is 16.8 Å². The van der Waals surface area contributed by atoms with E-state index in [0.29, 0.717) is 0 Å². The van der Waals surface area contributed by atoms with Crippen LogP contribution in [-0.4, -0.2) is 26.7 Å². The van der Waals surface area contributed by atoms with E-state index in [-0.39, 0.29) is 20.4 Å². The lowest BCUT2D eigenvalue weighted by Crippen LogP contribution is -1.97. The largest absolute Gasteiger partial charge is 0.368 e. The molecule has 2 heteroatoms. The van der Waals surface area contributed by atoms with Crippen LogP contribution in [0.15, 0.2) is 0 Å². The highest BCUT2D eigenvalue weighted by atomic mass is 24.5. The molecule has 0 N–H and O–H groups in total. The minimum absolute atomic E-state index is 0.0934. The first-order valence-corrected chi connectivity index (χ1v) is 5.56. The predicted molar refractivity (Wildman–Crippen MR) is 41.0 cm³/mol. The van der Waals surface area contributed by atoms with Crippen LogP contribution in [0.1, 0.15) is 26.7 Å². The normalized spacial score (nSPS) is 12.2. The molecule has 1 unspecified atom stereocenters. The molecule has 0 heterocycles. The Hall–Kier alpha value is 0.436. The summed E-state index contributed by atoms with van der Waals surface area (Å²) in [6.07, 6.45) is 3.14. The first-order valence-electron chi connectivity index (χ1n) is 3.74. The third kappa shape index (κ3) is 6.32. The van der Waals surface area contributed by atoms with Gasteiger partial charge in [0.05, 0.1) is 0 Å². The van der Waals surface area contributed by atoms with Crippen molar-refractivity contribution in [3.8, 4) is 0 Å². The maximum absolute atomic E-state index is 9.90. The van der Waals surface area contributed by atoms with Gasteiger partial charge in [0.1, 0.15) is 6.29 Å². The molecule has 0 fully saturated rings. The lowest BCUT2D eigenvalue weighted by molar-refractivity contribution is -0.107. The fourth-order valence-corrected chi connectivity index (χ4v) is 2.26. The summed E-state index contributed by atoms with van der Waals surface area (Å²) in [7, 11) is 0. The Labute approximate surface area is 66.9 Å². The van der Waals surface area contributed by atoms with Crippen LogP contribution in [-0.2, 0) is 4.79 Å². The Morgan fingerprint density at radius 3 is 2.78 bits per heavy atom. The van der Waals surface area contributed by atoms with Gasteiger partial charge in [0.2, 0.25) is 0 Å². The number of carbonyl (C=O) groups is 1. The van der Waals surface area contributed by atoms with Crippen molar-refractivity contribution in [3.05, 3.63) is 0 Å². The van der Waals surface area contributed by atoms with Crippen LogP contribution in [0.2, 0.25) is 8.60 Å². The fraction of sp³-hybridized carbons (Fsp3) is 0.857. The Kier molecular flexibility index (Phi) is 6.87. The molecule has 9 heavy (non-hydrogen) atoms. The molecule has 1 nitrogen and oxygen atoms in total. The van der Waals surface area contributed by atoms with Gasteiger partial charge in [-0.1, -0.05) is 20.3 Å². The summed E-state index contributed by atoms with van der Waals surface area (Å²) in [5.41, 5.74) is 0. The SMILES string of the molecule is CC[CH](C)[Mg][CH2]CC=O. The Bertz CT molecular complexity index is 73.3. The third-order valence-corrected chi connectivity index (χ3v) is 4.10. The van der Waals surface area contributed by atoms with Gasteiger partial charge in [-0.3, -0.25) is 0 Å². The number of rotatable bonds is 5. The third-order valence-electron chi connectivity index (χ3n) is 1.72. The topological polar surface area (TPSA) is 17.1 Å². The average Bonchev–Trinajstić information content (AvgIpc) is 1.89. The van der Waals surface area contributed by atoms with Gasteiger partial charge in [-0.2, -0.15) is 0 Å². The van der Waals surface area contributed by atoms with Crippen molar-refractivity contribution in [2.45, 2.75) is 35.3 Å². The van der Waals surface area contributed by atoms with Crippen LogP contribution >= 0.6 is 0 Å². The minimum atomic E-state index is 0.0934. The summed E-state index contributed by atoms with van der Waals surface area (Å²) in [6, 6.07) is 0. The van der Waals surface area contributed by atoms with Crippen molar-refractivity contribution in [1.82, 2.24) is 0 Å². The van der Waals surface area contributed by atoms with Crippen molar-refractivity contribution < 1.29 is 4.79 Å². The van der Waals surface area contributed by atoms with E-state index in [2.05, 4.69) is 13.8 Å². The Morgan fingerprint density at radius 1 is 1.67 bits per heavy atom. The first kappa shape index (κ1) is 9.44. The summed E-state index contributed by atoms with van der Waals surface area (Å²) in [5.74, 6) is 0. The fourth-order valence-electron chi connectivity index (χ4n) is 0.754. The Morgan fingerprint density at radius 2 is 2.33 bits per heavy atom. The first-order chi connectivity index (χ1) is 4.31. The maximum atomic E-state index is 9.90. The molecule has 0 aliphatic rings. The van der Waals surface area contributed by atoms with Crippen LogP contribution < -0.4 is 0 Å². The predicted octanol–water partition coefficient (Wildman–Crippen LogP) is 1.92. The molecular weight excluding hydrogens is 124 g/mol. The van der Waals surface area contributed by atoms with E-state index < -0.39 is 0 Å². The van der Waals surface area contributed by atoms with Crippen LogP contribution in [0.4, 0.5) is 0 Å². The summed E-state index contributed by atoms with van der Waals surface area (Å²) in [5, 5.41) is 0. The van der Waals surface area contributed by atoms with Crippen LogP contribution in [0.5, 0.6) is 0 Å². The van der Waals surface area contributed by atoms with E-state index in [1.807, 2.05) is 0 Å². The van der Waals surface area contributed by atoms with Gasteiger partial charge in [-0.15, -0.1) is 8.60 Å². The van der Waals surface area contributed by atoms with Crippen molar-refractivity contribution >= 4 is 26.7 Å². The molecule has 50 valence electrons. The smallest absolute Gasteiger partial charge is 0.303 e. The maximum Gasteiger partial charge on any atom is 0.368 e. The molecule has 0 aliphatic heterocycles. The lowest BCUT2D eigenvalue weighted by Gasteiger charge is -2.01. The molecule has 0 radical (unpaired) electrons. The number of carbonyl (C=O) groups excluding carboxylic acids is 1. The summed E-state index contributed by atoms with van der Waals surface area (Å²) in [4.78, 5) is 9.90. The minimum Gasteiger partial charge on any atom is -0.303 e. The van der Waals surface area contributed by atoms with E-state index in [1.54, 1.807) is 0 Å². The number of aldehydes is 1. The summed E-state index contributed by atoms with van der Waals surface area (Å²) in [6.45, 7) is 4.51. The van der Waals surface area contributed by atoms with Gasteiger partial charge in [0.15, 0.2) is 0 Å². The van der Waals surface area contributed by atoms with Crippen LogP contribution in [0.25, 0.3) is 0 Å². The van der Waals surface area contributed by atoms with Gasteiger partial charge in [-0.25, -0.2) is 0 Å². The van der Waals surface area contributed by atoms with Crippen molar-refractivity contribution in [3.63, 3.8) is 0 Å². The molecule has 0 aromatic carbocycles. The molecule has 0 amide bonds. The molecule has 0 rings (SSSR count). The van der Waals surface area contributed by atoms with E-state index in [4.69, 9.17) is 0 Å². The lowest BCUT2D eigenvalue weighted by atomic mass is 10.4. The van der Waals surface area contributed by atoms with Gasteiger partial charge in [0, 0.05) is 0 Å². The average molecular weight is 138 g/mol. The molecule has 0 saturated heterocycles. The zero-order chi connectivity index (χ0) is 7.11. The quantitative estimate of drug-likeness (QED) is 0.322. The summed E-state index contributed by atoms with van der Waals surface area (Å²) >= 11 is 0.0934. The van der Waals surface area contributed by atoms with Crippen LogP contribution in [0.3, 0.4) is 0 Å². The zero-order valence-corrected chi connectivity index (χ0v) is 7.81. The van der Waals surface area contributed by atoms with Gasteiger partial charge < -0.3 is 4.79 Å². The standard InChI is InChI=1S/C4H9.C3H5O.Mg/c1-3-4-2;1-2-3-4;/h3H,4H2,1-2H3;3H,1-2H2;. The second kappa shape index (κ2) is 6.55. The molecule has 0 bridgehead atoms. The van der Waals surface area contributed by atoms with E-state index in [9.17, 15) is 4.79 Å². The molecular formula is C7H14MgO. The molecule has 0 aromatic heterocycles. The Balaban J connectivity index is 2.96. The van der Waals surface area contributed by atoms with Gasteiger partial charge in [-0.05, 0) is 6.42 Å². The summed E-state index contributed by atoms with van der Waals surface area (Å²) < 4.78 is 2.14. The molecule has 0 aliphatic carbocycles. The highest BCUT2D eigenvalue weighted by molar-refractivity contribution is 6.37. The second-order valence-electron chi connectivity index (χ2n) is 2.61. The highest BCUT2D eigenvalue weighted by Crippen LogP contribution is 2.07. The highest BCUT2D eigenvalue weighted by Gasteiger charge is 2.01. The van der Waals surface area contributed by atoms with Crippen LogP contribution in [0, 0.1) is 0 Å². The van der Waals surface area contributed by atoms with Gasteiger partial charge >= 0.3 is 20.4 Å². The zero-order valence-electron chi connectivity index (χ0n) is 6.39. The molecule has 0 spiro atoms. The van der Waals surface area contributed by atoms with E-state index in [1.165, 1.54) is 11.0 Å². The van der Waals surface area contributed by atoms with Crippen molar-refractivity contribution in [1.29, 1.82) is 0 Å². The monoisotopic (exact) mass is 138 g/mol. The second-order valence-corrected chi connectivity index (χ2v) is 5.29.